The third kappa shape index (κ3) is 3.09. The van der Waals surface area contributed by atoms with Gasteiger partial charge in [-0.2, -0.15) is 0 Å². The van der Waals surface area contributed by atoms with E-state index in [0.29, 0.717) is 5.56 Å². The minimum Gasteiger partial charge on any atom is -0.478 e. The maximum Gasteiger partial charge on any atom is 0.336 e. The van der Waals surface area contributed by atoms with Gasteiger partial charge >= 0.3 is 5.97 Å². The van der Waals surface area contributed by atoms with E-state index in [-0.39, 0.29) is 5.25 Å². The number of rotatable bonds is 5. The summed E-state index contributed by atoms with van der Waals surface area (Å²) in [5, 5.41) is 12.3. The topological polar surface area (TPSA) is 49.3 Å². The number of hydrogen-bond acceptors (Lipinski definition) is 4. The lowest BCUT2D eigenvalue weighted by molar-refractivity contribution is 0.0695. The van der Waals surface area contributed by atoms with Gasteiger partial charge in [-0.05, 0) is 36.9 Å². The molecule has 0 aliphatic rings. The van der Waals surface area contributed by atoms with Crippen LogP contribution >= 0.6 is 21.6 Å². The highest BCUT2D eigenvalue weighted by atomic mass is 33.1. The summed E-state index contributed by atoms with van der Waals surface area (Å²) in [6.07, 6.45) is 1.99. The van der Waals surface area contributed by atoms with E-state index in [2.05, 4.69) is 5.32 Å². The van der Waals surface area contributed by atoms with Crippen LogP contribution in [0, 0.1) is 0 Å². The zero-order valence-electron chi connectivity index (χ0n) is 9.48. The smallest absolute Gasteiger partial charge is 0.336 e. The van der Waals surface area contributed by atoms with E-state index in [1.54, 1.807) is 33.7 Å². The van der Waals surface area contributed by atoms with Crippen molar-refractivity contribution in [1.29, 1.82) is 0 Å². The maximum atomic E-state index is 11.1. The average molecular weight is 257 g/mol. The fourth-order valence-electron chi connectivity index (χ4n) is 1.45. The first-order valence-corrected chi connectivity index (χ1v) is 7.46. The fraction of sp³-hybridized carbons (Fsp3) is 0.364. The highest BCUT2D eigenvalue weighted by Gasteiger charge is 2.16. The van der Waals surface area contributed by atoms with Crippen molar-refractivity contribution in [3.8, 4) is 0 Å². The minimum absolute atomic E-state index is 0.161. The molecule has 1 aromatic carbocycles. The highest BCUT2D eigenvalue weighted by Crippen LogP contribution is 2.38. The van der Waals surface area contributed by atoms with Gasteiger partial charge in [0, 0.05) is 18.0 Å². The van der Waals surface area contributed by atoms with Crippen LogP contribution in [-0.4, -0.2) is 24.4 Å². The molecule has 0 fully saturated rings. The molecule has 0 amide bonds. The zero-order chi connectivity index (χ0) is 12.1. The largest absolute Gasteiger partial charge is 0.478 e. The Kier molecular flexibility index (Phi) is 5.02. The van der Waals surface area contributed by atoms with Crippen molar-refractivity contribution in [3.63, 3.8) is 0 Å². The van der Waals surface area contributed by atoms with Gasteiger partial charge in [0.15, 0.2) is 0 Å². The molecule has 0 bridgehead atoms. The summed E-state index contributed by atoms with van der Waals surface area (Å²) in [6, 6.07) is 5.33. The second-order valence-corrected chi connectivity index (χ2v) is 6.07. The molecule has 1 rings (SSSR count). The average Bonchev–Trinajstić information content (AvgIpc) is 2.28. The summed E-state index contributed by atoms with van der Waals surface area (Å²) in [6.45, 7) is 2.02. The Morgan fingerprint density at radius 2 is 2.19 bits per heavy atom. The summed E-state index contributed by atoms with van der Waals surface area (Å²) in [4.78, 5) is 11.1. The molecular formula is C11H15NO2S2. The van der Waals surface area contributed by atoms with Crippen LogP contribution in [0.2, 0.25) is 0 Å². The Morgan fingerprint density at radius 1 is 1.50 bits per heavy atom. The summed E-state index contributed by atoms with van der Waals surface area (Å²) in [5.74, 6) is -0.869. The molecular weight excluding hydrogens is 242 g/mol. The molecule has 0 aromatic heterocycles. The molecule has 0 saturated carbocycles. The van der Waals surface area contributed by atoms with Gasteiger partial charge in [-0.15, -0.1) is 0 Å². The quantitative estimate of drug-likeness (QED) is 0.791. The molecule has 0 aliphatic heterocycles. The number of anilines is 1. The van der Waals surface area contributed by atoms with E-state index >= 15 is 0 Å². The molecule has 0 aliphatic carbocycles. The molecule has 1 atom stereocenters. The second-order valence-electron chi connectivity index (χ2n) is 3.26. The lowest BCUT2D eigenvalue weighted by Gasteiger charge is -2.14. The van der Waals surface area contributed by atoms with E-state index in [9.17, 15) is 4.79 Å². The van der Waals surface area contributed by atoms with Crippen LogP contribution < -0.4 is 5.32 Å². The third-order valence-corrected chi connectivity index (χ3v) is 4.43. The van der Waals surface area contributed by atoms with Gasteiger partial charge in [-0.3, -0.25) is 0 Å². The molecule has 5 heteroatoms. The van der Waals surface area contributed by atoms with Crippen LogP contribution in [0.15, 0.2) is 18.2 Å². The highest BCUT2D eigenvalue weighted by molar-refractivity contribution is 8.76. The number of carbonyl (C=O) groups is 1. The Hall–Kier alpha value is -0.810. The van der Waals surface area contributed by atoms with Gasteiger partial charge in [0.1, 0.15) is 0 Å². The first-order valence-electron chi connectivity index (χ1n) is 4.84. The first-order chi connectivity index (χ1) is 7.60. The van der Waals surface area contributed by atoms with Gasteiger partial charge in [-0.1, -0.05) is 21.6 Å². The number of aromatic carboxylic acids is 1. The molecule has 3 nitrogen and oxygen atoms in total. The molecule has 0 spiro atoms. The Morgan fingerprint density at radius 3 is 2.69 bits per heavy atom. The first kappa shape index (κ1) is 13.3. The molecule has 0 radical (unpaired) electrons. The second kappa shape index (κ2) is 6.06. The van der Waals surface area contributed by atoms with E-state index in [4.69, 9.17) is 5.11 Å². The molecule has 1 aromatic rings. The molecule has 2 N–H and O–H groups in total. The van der Waals surface area contributed by atoms with E-state index in [1.165, 1.54) is 0 Å². The van der Waals surface area contributed by atoms with Crippen molar-refractivity contribution in [2.45, 2.75) is 12.2 Å². The van der Waals surface area contributed by atoms with Crippen molar-refractivity contribution in [2.75, 3.05) is 18.6 Å². The predicted octanol–water partition coefficient (Wildman–Crippen LogP) is 3.50. The van der Waals surface area contributed by atoms with Crippen molar-refractivity contribution < 1.29 is 9.90 Å². The van der Waals surface area contributed by atoms with Gasteiger partial charge in [0.25, 0.3) is 0 Å². The van der Waals surface area contributed by atoms with Crippen LogP contribution in [0.25, 0.3) is 0 Å². The standard InChI is InChI=1S/C11H15NO2S2/c1-7(16-15-3)10-6-8(12-2)4-5-9(10)11(13)14/h4-7,12H,1-3H3,(H,13,14). The zero-order valence-corrected chi connectivity index (χ0v) is 11.1. The van der Waals surface area contributed by atoms with Crippen LogP contribution in [0.3, 0.4) is 0 Å². The maximum absolute atomic E-state index is 11.1. The number of carboxylic acids is 1. The van der Waals surface area contributed by atoms with E-state index < -0.39 is 5.97 Å². The summed E-state index contributed by atoms with van der Waals surface area (Å²) < 4.78 is 0. The van der Waals surface area contributed by atoms with Crippen LogP contribution in [0.4, 0.5) is 5.69 Å². The Balaban J connectivity index is 3.14. The molecule has 16 heavy (non-hydrogen) atoms. The van der Waals surface area contributed by atoms with Gasteiger partial charge < -0.3 is 10.4 Å². The van der Waals surface area contributed by atoms with Gasteiger partial charge in [-0.25, -0.2) is 4.79 Å². The molecule has 0 heterocycles. The van der Waals surface area contributed by atoms with Gasteiger partial charge in [0.05, 0.1) is 5.56 Å². The number of carboxylic acid groups (broad SMARTS) is 1. The number of nitrogens with one attached hydrogen (secondary N) is 1. The number of hydrogen-bond donors (Lipinski definition) is 2. The summed E-state index contributed by atoms with van der Waals surface area (Å²) in [7, 11) is 5.13. The Bertz CT molecular complexity index is 382. The van der Waals surface area contributed by atoms with Crippen molar-refractivity contribution in [2.24, 2.45) is 0 Å². The Labute approximate surface area is 103 Å². The molecule has 88 valence electrons. The summed E-state index contributed by atoms with van der Waals surface area (Å²) in [5.41, 5.74) is 2.18. The SMILES string of the molecule is CNc1ccc(C(=O)O)c(C(C)SSC)c1. The summed E-state index contributed by atoms with van der Waals surface area (Å²) >= 11 is 0. The number of benzene rings is 1. The van der Waals surface area contributed by atoms with E-state index in [1.807, 2.05) is 26.3 Å². The minimum atomic E-state index is -0.869. The van der Waals surface area contributed by atoms with Crippen molar-refractivity contribution >= 4 is 33.2 Å². The van der Waals surface area contributed by atoms with Crippen LogP contribution in [0.5, 0.6) is 0 Å². The molecule has 0 saturated heterocycles. The normalized spacial score (nSPS) is 12.2. The monoisotopic (exact) mass is 257 g/mol. The van der Waals surface area contributed by atoms with Crippen molar-refractivity contribution in [3.05, 3.63) is 29.3 Å². The molecule has 1 unspecified atom stereocenters. The van der Waals surface area contributed by atoms with Crippen LogP contribution in [0.1, 0.15) is 28.1 Å². The van der Waals surface area contributed by atoms with Crippen LogP contribution in [-0.2, 0) is 0 Å². The lowest BCUT2D eigenvalue weighted by atomic mass is 10.0. The fourth-order valence-corrected chi connectivity index (χ4v) is 3.21. The predicted molar refractivity (Wildman–Crippen MR) is 72.5 cm³/mol. The lowest BCUT2D eigenvalue weighted by Crippen LogP contribution is -2.04. The third-order valence-electron chi connectivity index (χ3n) is 2.25. The van der Waals surface area contributed by atoms with Crippen molar-refractivity contribution in [1.82, 2.24) is 0 Å². The van der Waals surface area contributed by atoms with Gasteiger partial charge in [0.2, 0.25) is 0 Å². The van der Waals surface area contributed by atoms with E-state index in [0.717, 1.165) is 11.3 Å².